The lowest BCUT2D eigenvalue weighted by Gasteiger charge is -2.21. The molecule has 0 aliphatic rings. The summed E-state index contributed by atoms with van der Waals surface area (Å²) in [5.74, 6) is -3.70. The number of benzene rings is 1. The predicted molar refractivity (Wildman–Crippen MR) is 47.0 cm³/mol. The summed E-state index contributed by atoms with van der Waals surface area (Å²) in [6.45, 7) is 0. The van der Waals surface area contributed by atoms with E-state index >= 15 is 0 Å². The van der Waals surface area contributed by atoms with Crippen LogP contribution in [0.3, 0.4) is 0 Å². The molecule has 6 heteroatoms. The van der Waals surface area contributed by atoms with Crippen LogP contribution in [-0.4, -0.2) is 17.4 Å². The molecule has 1 atom stereocenters. The van der Waals surface area contributed by atoms with E-state index in [9.17, 15) is 22.0 Å². The molecule has 0 fully saturated rings. The van der Waals surface area contributed by atoms with Crippen molar-refractivity contribution in [1.29, 1.82) is 0 Å². The molecule has 1 N–H and O–H groups in total. The van der Waals surface area contributed by atoms with Gasteiger partial charge in [0.1, 0.15) is 0 Å². The molecule has 1 rings (SSSR count). The van der Waals surface area contributed by atoms with Crippen LogP contribution in [-0.2, 0) is 5.92 Å². The predicted octanol–water partition coefficient (Wildman–Crippen LogP) is 3.09. The second kappa shape index (κ2) is 4.37. The van der Waals surface area contributed by atoms with Crippen LogP contribution in [0.2, 0.25) is 0 Å². The molecular weight excluding hydrogens is 231 g/mol. The number of rotatable bonds is 3. The van der Waals surface area contributed by atoms with Crippen LogP contribution in [0.25, 0.3) is 0 Å². The van der Waals surface area contributed by atoms with Crippen LogP contribution in [0.4, 0.5) is 22.0 Å². The zero-order valence-corrected chi connectivity index (χ0v) is 8.01. The van der Waals surface area contributed by atoms with E-state index in [1.807, 2.05) is 0 Å². The zero-order chi connectivity index (χ0) is 12.4. The summed E-state index contributed by atoms with van der Waals surface area (Å²) in [5.41, 5.74) is -0.543. The van der Waals surface area contributed by atoms with E-state index in [2.05, 4.69) is 0 Å². The van der Waals surface area contributed by atoms with E-state index in [1.165, 1.54) is 18.2 Å². The van der Waals surface area contributed by atoms with Crippen molar-refractivity contribution in [2.75, 3.05) is 0 Å². The highest BCUT2D eigenvalue weighted by atomic mass is 19.4. The van der Waals surface area contributed by atoms with Gasteiger partial charge in [0.25, 0.3) is 5.92 Å². The Morgan fingerprint density at radius 1 is 1.00 bits per heavy atom. The molecule has 90 valence electrons. The van der Waals surface area contributed by atoms with E-state index in [-0.39, 0.29) is 0 Å². The molecule has 0 heterocycles. The van der Waals surface area contributed by atoms with E-state index in [4.69, 9.17) is 5.11 Å². The minimum Gasteiger partial charge on any atom is -0.383 e. The maximum Gasteiger partial charge on any atom is 0.414 e. The fourth-order valence-corrected chi connectivity index (χ4v) is 1.16. The van der Waals surface area contributed by atoms with Crippen molar-refractivity contribution >= 4 is 0 Å². The van der Waals surface area contributed by atoms with Gasteiger partial charge < -0.3 is 5.11 Å². The van der Waals surface area contributed by atoms with Gasteiger partial charge in [0.2, 0.25) is 0 Å². The molecule has 0 saturated carbocycles. The Labute approximate surface area is 88.5 Å². The molecule has 1 nitrogen and oxygen atoms in total. The van der Waals surface area contributed by atoms with Gasteiger partial charge >= 0.3 is 6.18 Å². The first kappa shape index (κ1) is 12.9. The van der Waals surface area contributed by atoms with Crippen LogP contribution in [0, 0.1) is 0 Å². The quantitative estimate of drug-likeness (QED) is 0.805. The standard InChI is InChI=1S/C10H9F5O/c11-9(12,6-8(16)10(13,14)15)7-4-2-1-3-5-7/h1-5,8,16H,6H2. The van der Waals surface area contributed by atoms with Crippen LogP contribution < -0.4 is 0 Å². The first-order valence-electron chi connectivity index (χ1n) is 4.41. The van der Waals surface area contributed by atoms with Crippen molar-refractivity contribution in [1.82, 2.24) is 0 Å². The Balaban J connectivity index is 2.80. The lowest BCUT2D eigenvalue weighted by Crippen LogP contribution is -2.34. The molecule has 0 aliphatic carbocycles. The summed E-state index contributed by atoms with van der Waals surface area (Å²) < 4.78 is 62.3. The number of hydrogen-bond donors (Lipinski definition) is 1. The van der Waals surface area contributed by atoms with Gasteiger partial charge in [0, 0.05) is 5.56 Å². The van der Waals surface area contributed by atoms with Gasteiger partial charge in [-0.3, -0.25) is 0 Å². The van der Waals surface area contributed by atoms with Crippen LogP contribution in [0.1, 0.15) is 12.0 Å². The normalized spacial score (nSPS) is 14.9. The summed E-state index contributed by atoms with van der Waals surface area (Å²) in [7, 11) is 0. The molecule has 1 aromatic carbocycles. The molecule has 0 saturated heterocycles. The molecule has 0 radical (unpaired) electrons. The zero-order valence-electron chi connectivity index (χ0n) is 8.01. The fraction of sp³-hybridized carbons (Fsp3) is 0.400. The Kier molecular flexibility index (Phi) is 3.52. The Hall–Kier alpha value is -1.17. The number of aliphatic hydroxyl groups is 1. The number of alkyl halides is 5. The van der Waals surface area contributed by atoms with Crippen molar-refractivity contribution in [3.05, 3.63) is 35.9 Å². The van der Waals surface area contributed by atoms with Crippen molar-refractivity contribution in [3.8, 4) is 0 Å². The van der Waals surface area contributed by atoms with Crippen molar-refractivity contribution in [2.45, 2.75) is 24.6 Å². The first-order chi connectivity index (χ1) is 7.23. The minimum absolute atomic E-state index is 0.543. The Morgan fingerprint density at radius 3 is 1.94 bits per heavy atom. The van der Waals surface area contributed by atoms with Gasteiger partial charge in [0.05, 0.1) is 6.42 Å². The number of hydrogen-bond acceptors (Lipinski definition) is 1. The largest absolute Gasteiger partial charge is 0.414 e. The Bertz CT molecular complexity index is 333. The first-order valence-corrected chi connectivity index (χ1v) is 4.41. The lowest BCUT2D eigenvalue weighted by molar-refractivity contribution is -0.223. The summed E-state index contributed by atoms with van der Waals surface area (Å²) in [6, 6.07) is 6.10. The van der Waals surface area contributed by atoms with Crippen LogP contribution in [0.15, 0.2) is 30.3 Å². The maximum absolute atomic E-state index is 13.3. The van der Waals surface area contributed by atoms with Gasteiger partial charge in [0.15, 0.2) is 6.10 Å². The molecular formula is C10H9F5O. The Morgan fingerprint density at radius 2 is 1.50 bits per heavy atom. The maximum atomic E-state index is 13.3. The molecule has 0 bridgehead atoms. The van der Waals surface area contributed by atoms with E-state index in [0.29, 0.717) is 0 Å². The average molecular weight is 240 g/mol. The van der Waals surface area contributed by atoms with Gasteiger partial charge in [-0.25, -0.2) is 8.78 Å². The molecule has 1 unspecified atom stereocenters. The van der Waals surface area contributed by atoms with Gasteiger partial charge in [-0.1, -0.05) is 30.3 Å². The van der Waals surface area contributed by atoms with E-state index in [1.54, 1.807) is 0 Å². The second-order valence-corrected chi connectivity index (χ2v) is 3.33. The molecule has 0 aromatic heterocycles. The van der Waals surface area contributed by atoms with Crippen LogP contribution >= 0.6 is 0 Å². The topological polar surface area (TPSA) is 20.2 Å². The fourth-order valence-electron chi connectivity index (χ4n) is 1.16. The average Bonchev–Trinajstić information content (AvgIpc) is 2.17. The minimum atomic E-state index is -5.03. The number of halogens is 5. The highest BCUT2D eigenvalue weighted by Gasteiger charge is 2.45. The van der Waals surface area contributed by atoms with Gasteiger partial charge in [-0.15, -0.1) is 0 Å². The highest BCUT2D eigenvalue weighted by Crippen LogP contribution is 2.36. The van der Waals surface area contributed by atoms with Gasteiger partial charge in [-0.05, 0) is 0 Å². The summed E-state index contributed by atoms with van der Waals surface area (Å²) >= 11 is 0. The third-order valence-electron chi connectivity index (χ3n) is 2.02. The molecule has 16 heavy (non-hydrogen) atoms. The summed E-state index contributed by atoms with van der Waals surface area (Å²) in [6.07, 6.45) is -9.72. The summed E-state index contributed by atoms with van der Waals surface area (Å²) in [4.78, 5) is 0. The van der Waals surface area contributed by atoms with Gasteiger partial charge in [-0.2, -0.15) is 13.2 Å². The van der Waals surface area contributed by atoms with E-state index < -0.39 is 30.2 Å². The molecule has 1 aromatic rings. The third-order valence-corrected chi connectivity index (χ3v) is 2.02. The number of aliphatic hydroxyl groups excluding tert-OH is 1. The van der Waals surface area contributed by atoms with Crippen LogP contribution in [0.5, 0.6) is 0 Å². The molecule has 0 aliphatic heterocycles. The lowest BCUT2D eigenvalue weighted by atomic mass is 10.0. The van der Waals surface area contributed by atoms with Crippen molar-refractivity contribution < 1.29 is 27.1 Å². The molecule has 0 spiro atoms. The smallest absolute Gasteiger partial charge is 0.383 e. The summed E-state index contributed by atoms with van der Waals surface area (Å²) in [5, 5.41) is 8.58. The SMILES string of the molecule is OC(CC(F)(F)c1ccccc1)C(F)(F)F. The van der Waals surface area contributed by atoms with Crippen molar-refractivity contribution in [3.63, 3.8) is 0 Å². The second-order valence-electron chi connectivity index (χ2n) is 3.33. The highest BCUT2D eigenvalue weighted by molar-refractivity contribution is 5.20. The van der Waals surface area contributed by atoms with E-state index in [0.717, 1.165) is 12.1 Å². The molecule has 0 amide bonds. The van der Waals surface area contributed by atoms with Crippen molar-refractivity contribution in [2.24, 2.45) is 0 Å². The monoisotopic (exact) mass is 240 g/mol. The third kappa shape index (κ3) is 3.16.